The number of nitrogens with zero attached hydrogens (tertiary/aromatic N) is 4. The van der Waals surface area contributed by atoms with E-state index in [2.05, 4.69) is 158 Å². The molecule has 0 atom stereocenters. The fraction of sp³-hybridized carbons (Fsp3) is 0. The van der Waals surface area contributed by atoms with E-state index >= 15 is 0 Å². The van der Waals surface area contributed by atoms with Gasteiger partial charge < -0.3 is 0 Å². The Kier molecular flexibility index (Phi) is 6.34. The van der Waals surface area contributed by atoms with Crippen molar-refractivity contribution >= 4 is 107 Å². The Morgan fingerprint density at radius 2 is 0.611 bits per heavy atom. The van der Waals surface area contributed by atoms with Crippen molar-refractivity contribution in [1.82, 2.24) is 19.9 Å². The maximum atomic E-state index is 5.31. The van der Waals surface area contributed by atoms with Gasteiger partial charge in [-0.2, -0.15) is 0 Å². The Morgan fingerprint density at radius 3 is 1.04 bits per heavy atom. The number of thiophene rings is 2. The molecule has 54 heavy (non-hydrogen) atoms. The molecule has 0 N–H and O–H groups in total. The molecule has 0 saturated heterocycles. The molecule has 6 aromatic carbocycles. The molecule has 0 radical (unpaired) electrons. The van der Waals surface area contributed by atoms with E-state index in [0.717, 1.165) is 77.5 Å². The third-order valence-corrected chi connectivity index (χ3v) is 13.1. The second kappa shape index (κ2) is 11.4. The van der Waals surface area contributed by atoms with E-state index < -0.39 is 0 Å². The summed E-state index contributed by atoms with van der Waals surface area (Å²) >= 11 is 3.65. The zero-order valence-corrected chi connectivity index (χ0v) is 30.2. The summed E-state index contributed by atoms with van der Waals surface area (Å²) in [5, 5.41) is 9.31. The predicted octanol–water partition coefficient (Wildman–Crippen LogP) is 13.6. The molecule has 12 rings (SSSR count). The Labute approximate surface area is 316 Å². The number of hydrogen-bond acceptors (Lipinski definition) is 6. The zero-order valence-electron chi connectivity index (χ0n) is 28.6. The lowest BCUT2D eigenvalue weighted by molar-refractivity contribution is 1.31. The van der Waals surface area contributed by atoms with Crippen LogP contribution in [-0.4, -0.2) is 19.9 Å². The molecule has 0 aliphatic heterocycles. The van der Waals surface area contributed by atoms with Gasteiger partial charge in [-0.05, 0) is 36.4 Å². The van der Waals surface area contributed by atoms with Crippen LogP contribution in [0.1, 0.15) is 0 Å². The normalized spacial score (nSPS) is 12.1. The minimum Gasteiger partial charge on any atom is -0.245 e. The molecule has 250 valence electrons. The number of benzene rings is 6. The van der Waals surface area contributed by atoms with Gasteiger partial charge in [0.2, 0.25) is 0 Å². The highest BCUT2D eigenvalue weighted by Gasteiger charge is 2.16. The minimum absolute atomic E-state index is 0.805. The molecule has 0 aliphatic rings. The van der Waals surface area contributed by atoms with Gasteiger partial charge in [-0.1, -0.05) is 121 Å². The van der Waals surface area contributed by atoms with Crippen LogP contribution in [0, 0.1) is 0 Å². The summed E-state index contributed by atoms with van der Waals surface area (Å²) < 4.78 is 5.08. The second-order valence-electron chi connectivity index (χ2n) is 13.8. The van der Waals surface area contributed by atoms with E-state index in [1.165, 1.54) is 40.3 Å². The molecule has 0 unspecified atom stereocenters. The summed E-state index contributed by atoms with van der Waals surface area (Å²) in [6, 6.07) is 55.8. The standard InChI is InChI=1S/C48H26N4S2/c1-3-13-41-31(7-1)33-9-5-11-35(47(33)53-41)37-23-19-27-15-17-29-21-25-39(51-45(29)43(27)49-37)40-26-22-30-18-16-28-20-24-38(50-44(28)46(30)52-40)36-12-6-10-34-32-8-2-4-14-42(32)54-48(34)36/h1-26H. The number of rotatable bonds is 3. The average molecular weight is 723 g/mol. The fourth-order valence-electron chi connectivity index (χ4n) is 8.02. The Hall–Kier alpha value is -6.60. The van der Waals surface area contributed by atoms with Crippen molar-refractivity contribution < 1.29 is 0 Å². The third-order valence-electron chi connectivity index (χ3n) is 10.7. The highest BCUT2D eigenvalue weighted by atomic mass is 32.1. The summed E-state index contributed by atoms with van der Waals surface area (Å²) in [4.78, 5) is 21.2. The van der Waals surface area contributed by atoms with Gasteiger partial charge in [0.25, 0.3) is 0 Å². The van der Waals surface area contributed by atoms with E-state index in [0.29, 0.717) is 0 Å². The lowest BCUT2D eigenvalue weighted by Crippen LogP contribution is -1.94. The Balaban J connectivity index is 1.01. The zero-order chi connectivity index (χ0) is 35.3. The largest absolute Gasteiger partial charge is 0.245 e. The van der Waals surface area contributed by atoms with Gasteiger partial charge >= 0.3 is 0 Å². The van der Waals surface area contributed by atoms with Gasteiger partial charge in [0, 0.05) is 73.0 Å². The lowest BCUT2D eigenvalue weighted by atomic mass is 10.0. The van der Waals surface area contributed by atoms with Crippen LogP contribution in [-0.2, 0) is 0 Å². The summed E-state index contributed by atoms with van der Waals surface area (Å²) in [7, 11) is 0. The SMILES string of the molecule is c1ccc2c(c1)sc1c(-c3ccc4ccc5ccc(-c6ccc7ccc8ccc(-c9cccc%10c9sc9ccccc9%10)nc8c7n6)nc5c4n3)cccc12. The lowest BCUT2D eigenvalue weighted by Gasteiger charge is -2.10. The van der Waals surface area contributed by atoms with Crippen molar-refractivity contribution in [3.63, 3.8) is 0 Å². The van der Waals surface area contributed by atoms with Gasteiger partial charge in [0.1, 0.15) is 0 Å². The number of hydrogen-bond donors (Lipinski definition) is 0. The van der Waals surface area contributed by atoms with E-state index in [-0.39, 0.29) is 0 Å². The van der Waals surface area contributed by atoms with Crippen LogP contribution >= 0.6 is 22.7 Å². The summed E-state index contributed by atoms with van der Waals surface area (Å²) in [5.41, 5.74) is 9.29. The van der Waals surface area contributed by atoms with Crippen LogP contribution in [0.4, 0.5) is 0 Å². The van der Waals surface area contributed by atoms with E-state index in [4.69, 9.17) is 19.9 Å². The first-order valence-corrected chi connectivity index (χ1v) is 19.6. The molecule has 6 heteroatoms. The van der Waals surface area contributed by atoms with Gasteiger partial charge in [-0.25, -0.2) is 19.9 Å². The van der Waals surface area contributed by atoms with Crippen LogP contribution in [0.2, 0.25) is 0 Å². The molecule has 0 saturated carbocycles. The van der Waals surface area contributed by atoms with Crippen LogP contribution in [0.15, 0.2) is 158 Å². The fourth-order valence-corrected chi connectivity index (χ4v) is 10.5. The van der Waals surface area contributed by atoms with Gasteiger partial charge in [0.15, 0.2) is 0 Å². The molecule has 0 amide bonds. The molecular formula is C48H26N4S2. The van der Waals surface area contributed by atoms with Crippen LogP contribution in [0.3, 0.4) is 0 Å². The van der Waals surface area contributed by atoms with E-state index in [1.54, 1.807) is 0 Å². The Morgan fingerprint density at radius 1 is 0.278 bits per heavy atom. The molecule has 6 aromatic heterocycles. The van der Waals surface area contributed by atoms with Gasteiger partial charge in [-0.3, -0.25) is 0 Å². The summed E-state index contributed by atoms with van der Waals surface area (Å²) in [6.07, 6.45) is 0. The molecule has 0 bridgehead atoms. The van der Waals surface area contributed by atoms with Crippen LogP contribution < -0.4 is 0 Å². The molecule has 0 spiro atoms. The molecular weight excluding hydrogens is 697 g/mol. The first-order valence-electron chi connectivity index (χ1n) is 18.0. The van der Waals surface area contributed by atoms with Crippen LogP contribution in [0.5, 0.6) is 0 Å². The molecule has 0 fully saturated rings. The maximum Gasteiger partial charge on any atom is 0.0973 e. The Bertz CT molecular complexity index is 3290. The average Bonchev–Trinajstić information content (AvgIpc) is 3.82. The van der Waals surface area contributed by atoms with Crippen molar-refractivity contribution in [2.45, 2.75) is 0 Å². The van der Waals surface area contributed by atoms with E-state index in [1.807, 2.05) is 22.7 Å². The number of aromatic nitrogens is 4. The molecule has 6 heterocycles. The van der Waals surface area contributed by atoms with Crippen molar-refractivity contribution in [2.24, 2.45) is 0 Å². The van der Waals surface area contributed by atoms with Gasteiger partial charge in [0.05, 0.1) is 44.8 Å². The van der Waals surface area contributed by atoms with Crippen molar-refractivity contribution in [1.29, 1.82) is 0 Å². The smallest absolute Gasteiger partial charge is 0.0973 e. The van der Waals surface area contributed by atoms with Crippen molar-refractivity contribution in [3.8, 4) is 33.9 Å². The quantitative estimate of drug-likeness (QED) is 0.170. The first kappa shape index (κ1) is 29.9. The summed E-state index contributed by atoms with van der Waals surface area (Å²) in [5.74, 6) is 0. The molecule has 0 aliphatic carbocycles. The first-order chi connectivity index (χ1) is 26.7. The monoisotopic (exact) mass is 722 g/mol. The summed E-state index contributed by atoms with van der Waals surface area (Å²) in [6.45, 7) is 0. The predicted molar refractivity (Wildman–Crippen MR) is 230 cm³/mol. The van der Waals surface area contributed by atoms with Gasteiger partial charge in [-0.15, -0.1) is 22.7 Å². The van der Waals surface area contributed by atoms with Crippen molar-refractivity contribution in [2.75, 3.05) is 0 Å². The van der Waals surface area contributed by atoms with E-state index in [9.17, 15) is 0 Å². The minimum atomic E-state index is 0.805. The van der Waals surface area contributed by atoms with Crippen LogP contribution in [0.25, 0.3) is 118 Å². The van der Waals surface area contributed by atoms with Crippen molar-refractivity contribution in [3.05, 3.63) is 158 Å². The highest BCUT2D eigenvalue weighted by Crippen LogP contribution is 2.42. The third kappa shape index (κ3) is 4.48. The second-order valence-corrected chi connectivity index (χ2v) is 15.9. The number of pyridine rings is 4. The topological polar surface area (TPSA) is 51.6 Å². The highest BCUT2D eigenvalue weighted by molar-refractivity contribution is 7.26. The molecule has 4 nitrogen and oxygen atoms in total. The maximum absolute atomic E-state index is 5.31. The molecule has 12 aromatic rings. The number of fused-ring (bicyclic) bond motifs is 12.